The van der Waals surface area contributed by atoms with Crippen LogP contribution in [0.3, 0.4) is 0 Å². The highest BCUT2D eigenvalue weighted by Gasteiger charge is 2.15. The Balaban J connectivity index is 1.92. The Morgan fingerprint density at radius 1 is 1.15 bits per heavy atom. The number of aromatic nitrogens is 3. The van der Waals surface area contributed by atoms with Gasteiger partial charge in [0.1, 0.15) is 5.52 Å². The first-order valence-corrected chi connectivity index (χ1v) is 9.67. The number of fused-ring (bicyclic) bond motifs is 3. The molecule has 2 N–H and O–H groups in total. The zero-order valence-electron chi connectivity index (χ0n) is 14.5. The molecule has 2 aromatic carbocycles. The van der Waals surface area contributed by atoms with Gasteiger partial charge in [0.15, 0.2) is 0 Å². The molecule has 4 rings (SSSR count). The van der Waals surface area contributed by atoms with Crippen LogP contribution >= 0.6 is 0 Å². The first kappa shape index (κ1) is 16.5. The molecule has 0 bridgehead atoms. The van der Waals surface area contributed by atoms with Gasteiger partial charge in [0.05, 0.1) is 18.3 Å². The van der Waals surface area contributed by atoms with E-state index in [1.165, 1.54) is 4.68 Å². The summed E-state index contributed by atoms with van der Waals surface area (Å²) in [5, 5.41) is 6.07. The summed E-state index contributed by atoms with van der Waals surface area (Å²) in [5.74, 6) is 0. The summed E-state index contributed by atoms with van der Waals surface area (Å²) in [4.78, 5) is 13.7. The standard InChI is InChI=1S/C19H18N4O2S/c1-22-17-9-14(26(2)25)6-7-15(17)16-10-21-23(19(24)18(16)22)11-12-4-3-5-13(20)8-12/h3-10H,11,20H2,1-2H3. The van der Waals surface area contributed by atoms with Crippen LogP contribution in [0.25, 0.3) is 21.8 Å². The fraction of sp³-hybridized carbons (Fsp3) is 0.158. The number of benzene rings is 2. The summed E-state index contributed by atoms with van der Waals surface area (Å²) in [6.45, 7) is 0.353. The second-order valence-electron chi connectivity index (χ2n) is 6.31. The molecule has 1 atom stereocenters. The number of rotatable bonds is 3. The Kier molecular flexibility index (Phi) is 3.88. The van der Waals surface area contributed by atoms with Gasteiger partial charge in [0, 0.05) is 45.5 Å². The smallest absolute Gasteiger partial charge is 0.291 e. The van der Waals surface area contributed by atoms with Crippen LogP contribution in [-0.2, 0) is 24.4 Å². The van der Waals surface area contributed by atoms with Crippen molar-refractivity contribution in [2.24, 2.45) is 7.05 Å². The minimum absolute atomic E-state index is 0.164. The van der Waals surface area contributed by atoms with Gasteiger partial charge in [0.2, 0.25) is 0 Å². The molecule has 0 amide bonds. The van der Waals surface area contributed by atoms with Crippen LogP contribution in [0.1, 0.15) is 5.56 Å². The highest BCUT2D eigenvalue weighted by Crippen LogP contribution is 2.27. The predicted octanol–water partition coefficient (Wildman–Crippen LogP) is 2.26. The molecule has 0 aliphatic rings. The van der Waals surface area contributed by atoms with Gasteiger partial charge in [-0.15, -0.1) is 0 Å². The van der Waals surface area contributed by atoms with Gasteiger partial charge in [-0.3, -0.25) is 9.00 Å². The number of nitrogen functional groups attached to an aromatic ring is 1. The normalized spacial score (nSPS) is 12.7. The van der Waals surface area contributed by atoms with Gasteiger partial charge < -0.3 is 10.3 Å². The van der Waals surface area contributed by atoms with Crippen LogP contribution in [0, 0.1) is 0 Å². The molecule has 6 nitrogen and oxygen atoms in total. The van der Waals surface area contributed by atoms with Gasteiger partial charge in [-0.2, -0.15) is 5.10 Å². The first-order valence-electron chi connectivity index (χ1n) is 8.12. The Morgan fingerprint density at radius 2 is 1.96 bits per heavy atom. The fourth-order valence-electron chi connectivity index (χ4n) is 3.29. The van der Waals surface area contributed by atoms with Crippen molar-refractivity contribution in [1.82, 2.24) is 14.3 Å². The molecule has 0 spiro atoms. The SMILES string of the molecule is Cn1c2cc(S(C)=O)ccc2c2cnn(Cc3cccc(N)c3)c(=O)c21. The molecule has 1 unspecified atom stereocenters. The first-order chi connectivity index (χ1) is 12.5. The second-order valence-corrected chi connectivity index (χ2v) is 7.69. The second kappa shape index (κ2) is 6.10. The highest BCUT2D eigenvalue weighted by molar-refractivity contribution is 7.84. The molecule has 0 aliphatic heterocycles. The average molecular weight is 366 g/mol. The number of nitrogens with two attached hydrogens (primary N) is 1. The summed E-state index contributed by atoms with van der Waals surface area (Å²) in [5.41, 5.74) is 8.68. The van der Waals surface area contributed by atoms with Gasteiger partial charge in [-0.1, -0.05) is 18.2 Å². The van der Waals surface area contributed by atoms with Gasteiger partial charge in [-0.05, 0) is 29.8 Å². The van der Waals surface area contributed by atoms with Crippen LogP contribution in [0.4, 0.5) is 5.69 Å². The van der Waals surface area contributed by atoms with Crippen LogP contribution in [0.2, 0.25) is 0 Å². The van der Waals surface area contributed by atoms with Crippen LogP contribution in [0.5, 0.6) is 0 Å². The molecule has 0 saturated carbocycles. The van der Waals surface area contributed by atoms with E-state index in [-0.39, 0.29) is 5.56 Å². The predicted molar refractivity (Wildman–Crippen MR) is 105 cm³/mol. The molecule has 2 aromatic heterocycles. The van der Waals surface area contributed by atoms with E-state index < -0.39 is 10.8 Å². The maximum absolute atomic E-state index is 13.0. The van der Waals surface area contributed by atoms with E-state index in [0.29, 0.717) is 17.7 Å². The van der Waals surface area contributed by atoms with Crippen LogP contribution in [0.15, 0.2) is 58.4 Å². The van der Waals surface area contributed by atoms with Gasteiger partial charge in [0.25, 0.3) is 5.56 Å². The molecule has 0 aliphatic carbocycles. The maximum Gasteiger partial charge on any atom is 0.291 e. The zero-order chi connectivity index (χ0) is 18.4. The van der Waals surface area contributed by atoms with Crippen molar-refractivity contribution in [2.75, 3.05) is 12.0 Å². The van der Waals surface area contributed by atoms with Gasteiger partial charge in [-0.25, -0.2) is 4.68 Å². The lowest BCUT2D eigenvalue weighted by Gasteiger charge is -2.06. The number of anilines is 1. The van der Waals surface area contributed by atoms with Crippen molar-refractivity contribution in [3.05, 3.63) is 64.6 Å². The summed E-state index contributed by atoms with van der Waals surface area (Å²) < 4.78 is 15.1. The Hall–Kier alpha value is -2.93. The van der Waals surface area contributed by atoms with Crippen molar-refractivity contribution in [1.29, 1.82) is 0 Å². The topological polar surface area (TPSA) is 82.9 Å². The Bertz CT molecular complexity index is 1240. The lowest BCUT2D eigenvalue weighted by molar-refractivity contribution is 0.644. The Morgan fingerprint density at radius 3 is 2.69 bits per heavy atom. The van der Waals surface area contributed by atoms with Crippen LogP contribution < -0.4 is 11.3 Å². The Labute approximate surface area is 152 Å². The monoisotopic (exact) mass is 366 g/mol. The zero-order valence-corrected chi connectivity index (χ0v) is 15.3. The largest absolute Gasteiger partial charge is 0.399 e. The maximum atomic E-state index is 13.0. The molecular weight excluding hydrogens is 348 g/mol. The van der Waals surface area contributed by atoms with E-state index in [1.54, 1.807) is 12.5 Å². The molecule has 26 heavy (non-hydrogen) atoms. The van der Waals surface area contributed by atoms with E-state index >= 15 is 0 Å². The van der Waals surface area contributed by atoms with E-state index in [0.717, 1.165) is 26.7 Å². The van der Waals surface area contributed by atoms with Crippen LogP contribution in [-0.4, -0.2) is 24.8 Å². The van der Waals surface area contributed by atoms with E-state index in [4.69, 9.17) is 5.73 Å². The minimum Gasteiger partial charge on any atom is -0.399 e. The summed E-state index contributed by atoms with van der Waals surface area (Å²) >= 11 is 0. The molecule has 7 heteroatoms. The highest BCUT2D eigenvalue weighted by atomic mass is 32.2. The molecular formula is C19H18N4O2S. The number of nitrogens with zero attached hydrogens (tertiary/aromatic N) is 3. The van der Waals surface area contributed by atoms with Crippen molar-refractivity contribution in [2.45, 2.75) is 11.4 Å². The average Bonchev–Trinajstić information content (AvgIpc) is 2.90. The quantitative estimate of drug-likeness (QED) is 0.564. The lowest BCUT2D eigenvalue weighted by atomic mass is 10.2. The summed E-state index contributed by atoms with van der Waals surface area (Å²) in [6.07, 6.45) is 3.36. The van der Waals surface area contributed by atoms with Crippen molar-refractivity contribution >= 4 is 38.3 Å². The third-order valence-corrected chi connectivity index (χ3v) is 5.51. The third kappa shape index (κ3) is 2.61. The number of hydrogen-bond donors (Lipinski definition) is 1. The fourth-order valence-corrected chi connectivity index (χ4v) is 3.83. The molecule has 132 valence electrons. The molecule has 0 fully saturated rings. The van der Waals surface area contributed by atoms with Crippen molar-refractivity contribution in [3.63, 3.8) is 0 Å². The number of hydrogen-bond acceptors (Lipinski definition) is 4. The molecule has 0 saturated heterocycles. The molecule has 4 aromatic rings. The van der Waals surface area contributed by atoms with E-state index in [1.807, 2.05) is 54.1 Å². The lowest BCUT2D eigenvalue weighted by Crippen LogP contribution is -2.24. The molecule has 0 radical (unpaired) electrons. The van der Waals surface area contributed by atoms with Gasteiger partial charge >= 0.3 is 0 Å². The summed E-state index contributed by atoms with van der Waals surface area (Å²) in [7, 11) is 0.769. The van der Waals surface area contributed by atoms with Crippen molar-refractivity contribution in [3.8, 4) is 0 Å². The van der Waals surface area contributed by atoms with E-state index in [9.17, 15) is 9.00 Å². The minimum atomic E-state index is -1.08. The summed E-state index contributed by atoms with van der Waals surface area (Å²) in [6, 6.07) is 13.0. The van der Waals surface area contributed by atoms with Crippen molar-refractivity contribution < 1.29 is 4.21 Å². The third-order valence-electron chi connectivity index (χ3n) is 4.59. The van der Waals surface area contributed by atoms with E-state index in [2.05, 4.69) is 5.10 Å². The molecule has 2 heterocycles. The number of aryl methyl sites for hydroxylation is 1.